The molecular weight excluding hydrogens is 204 g/mol. The molecule has 0 aromatic carbocycles. The molecule has 0 aliphatic heterocycles. The Morgan fingerprint density at radius 1 is 0.647 bits per heavy atom. The largest absolute Gasteiger partial charge is 0.0651 e. The van der Waals surface area contributed by atoms with E-state index in [4.69, 9.17) is 0 Å². The van der Waals surface area contributed by atoms with E-state index in [1.165, 1.54) is 19.3 Å². The number of rotatable bonds is 8. The van der Waals surface area contributed by atoms with Gasteiger partial charge in [-0.3, -0.25) is 0 Å². The van der Waals surface area contributed by atoms with Crippen LogP contribution in [0.15, 0.2) is 0 Å². The average Bonchev–Trinajstić information content (AvgIpc) is 2.32. The molecule has 5 atom stereocenters. The number of hydrogen-bond acceptors (Lipinski definition) is 0. The van der Waals surface area contributed by atoms with Crippen LogP contribution in [0, 0.1) is 35.5 Å². The molecule has 0 amide bonds. The van der Waals surface area contributed by atoms with Crippen LogP contribution in [-0.4, -0.2) is 0 Å². The third-order valence-corrected chi connectivity index (χ3v) is 5.42. The minimum absolute atomic E-state index is 0.814. The Balaban J connectivity index is 4.15. The van der Waals surface area contributed by atoms with Gasteiger partial charge >= 0.3 is 0 Å². The highest BCUT2D eigenvalue weighted by Gasteiger charge is 2.25. The smallest absolute Gasteiger partial charge is 0.0386 e. The van der Waals surface area contributed by atoms with Crippen LogP contribution in [0.25, 0.3) is 0 Å². The van der Waals surface area contributed by atoms with Gasteiger partial charge in [0.25, 0.3) is 0 Å². The summed E-state index contributed by atoms with van der Waals surface area (Å²) in [6, 6.07) is 0. The van der Waals surface area contributed by atoms with Gasteiger partial charge in [0, 0.05) is 0 Å². The third kappa shape index (κ3) is 5.93. The van der Waals surface area contributed by atoms with Gasteiger partial charge < -0.3 is 0 Å². The topological polar surface area (TPSA) is 0 Å². The molecule has 0 aromatic rings. The van der Waals surface area contributed by atoms with E-state index in [2.05, 4.69) is 55.4 Å². The molecule has 104 valence electrons. The van der Waals surface area contributed by atoms with Crippen LogP contribution < -0.4 is 0 Å². The highest BCUT2D eigenvalue weighted by Crippen LogP contribution is 2.33. The monoisotopic (exact) mass is 240 g/mol. The maximum absolute atomic E-state index is 2.46. The molecular formula is C17H36. The lowest BCUT2D eigenvalue weighted by molar-refractivity contribution is 0.166. The summed E-state index contributed by atoms with van der Waals surface area (Å²) >= 11 is 0. The van der Waals surface area contributed by atoms with Gasteiger partial charge in [0.1, 0.15) is 0 Å². The van der Waals surface area contributed by atoms with Crippen molar-refractivity contribution >= 4 is 0 Å². The van der Waals surface area contributed by atoms with Gasteiger partial charge in [-0.2, -0.15) is 0 Å². The summed E-state index contributed by atoms with van der Waals surface area (Å²) in [7, 11) is 0. The van der Waals surface area contributed by atoms with Crippen LogP contribution in [-0.2, 0) is 0 Å². The van der Waals surface area contributed by atoms with E-state index in [0.29, 0.717) is 0 Å². The summed E-state index contributed by atoms with van der Waals surface area (Å²) in [6.45, 7) is 19.2. The molecule has 0 spiro atoms. The summed E-state index contributed by atoms with van der Waals surface area (Å²) in [5.41, 5.74) is 0. The van der Waals surface area contributed by atoms with Crippen molar-refractivity contribution in [1.29, 1.82) is 0 Å². The Kier molecular flexibility index (Phi) is 8.16. The fraction of sp³-hybridized carbons (Fsp3) is 1.00. The maximum Gasteiger partial charge on any atom is -0.0386 e. The third-order valence-electron chi connectivity index (χ3n) is 5.42. The molecule has 0 aromatic heterocycles. The first-order valence-corrected chi connectivity index (χ1v) is 7.81. The van der Waals surface area contributed by atoms with Crippen molar-refractivity contribution in [3.63, 3.8) is 0 Å². The fourth-order valence-electron chi connectivity index (χ4n) is 2.62. The predicted octanol–water partition coefficient (Wildman–Crippen LogP) is 6.01. The predicted molar refractivity (Wildman–Crippen MR) is 80.2 cm³/mol. The molecule has 0 N–H and O–H groups in total. The molecule has 0 rings (SSSR count). The van der Waals surface area contributed by atoms with Crippen LogP contribution in [0.1, 0.15) is 74.7 Å². The fourth-order valence-corrected chi connectivity index (χ4v) is 2.62. The molecule has 0 radical (unpaired) electrons. The zero-order valence-corrected chi connectivity index (χ0v) is 13.6. The lowest BCUT2D eigenvalue weighted by atomic mass is 9.73. The Bertz CT molecular complexity index is 182. The lowest BCUT2D eigenvalue weighted by Gasteiger charge is -2.33. The van der Waals surface area contributed by atoms with Crippen LogP contribution in [0.4, 0.5) is 0 Å². The van der Waals surface area contributed by atoms with E-state index in [1.54, 1.807) is 0 Å². The Hall–Kier alpha value is 0. The second-order valence-corrected chi connectivity index (χ2v) is 6.89. The molecule has 0 fully saturated rings. The molecule has 0 aliphatic rings. The summed E-state index contributed by atoms with van der Waals surface area (Å²) in [6.07, 6.45) is 4.15. The first kappa shape index (κ1) is 17.0. The Labute approximate surface area is 111 Å². The van der Waals surface area contributed by atoms with Crippen molar-refractivity contribution < 1.29 is 0 Å². The second-order valence-electron chi connectivity index (χ2n) is 6.89. The second kappa shape index (κ2) is 8.16. The van der Waals surface area contributed by atoms with Crippen LogP contribution in [0.2, 0.25) is 0 Å². The summed E-state index contributed by atoms with van der Waals surface area (Å²) in [5.74, 6) is 5.14. The first-order valence-electron chi connectivity index (χ1n) is 7.81. The normalized spacial score (nSPS) is 21.0. The molecule has 0 aliphatic carbocycles. The van der Waals surface area contributed by atoms with Gasteiger partial charge in [-0.25, -0.2) is 0 Å². The minimum atomic E-state index is 0.814. The van der Waals surface area contributed by atoms with Crippen molar-refractivity contribution in [3.05, 3.63) is 0 Å². The van der Waals surface area contributed by atoms with Crippen molar-refractivity contribution in [2.45, 2.75) is 74.7 Å². The van der Waals surface area contributed by atoms with E-state index < -0.39 is 0 Å². The molecule has 5 unspecified atom stereocenters. The lowest BCUT2D eigenvalue weighted by Crippen LogP contribution is -2.25. The standard InChI is InChI=1S/C17H36/c1-9-13(4)10-11-14(5)16(7)17(8)15(6)12(2)3/h12-17H,9-11H2,1-8H3. The maximum atomic E-state index is 2.46. The summed E-state index contributed by atoms with van der Waals surface area (Å²) < 4.78 is 0. The minimum Gasteiger partial charge on any atom is -0.0651 e. The van der Waals surface area contributed by atoms with Crippen molar-refractivity contribution in [2.75, 3.05) is 0 Å². The van der Waals surface area contributed by atoms with E-state index in [1.807, 2.05) is 0 Å². The zero-order chi connectivity index (χ0) is 13.6. The molecule has 0 saturated carbocycles. The van der Waals surface area contributed by atoms with Gasteiger partial charge in [-0.1, -0.05) is 74.7 Å². The van der Waals surface area contributed by atoms with Gasteiger partial charge in [0.15, 0.2) is 0 Å². The molecule has 0 saturated heterocycles. The SMILES string of the molecule is CCC(C)CCC(C)C(C)C(C)C(C)C(C)C. The molecule has 0 bridgehead atoms. The highest BCUT2D eigenvalue weighted by atomic mass is 14.3. The summed E-state index contributed by atoms with van der Waals surface area (Å²) in [4.78, 5) is 0. The van der Waals surface area contributed by atoms with Crippen molar-refractivity contribution in [2.24, 2.45) is 35.5 Å². The molecule has 0 heteroatoms. The average molecular weight is 240 g/mol. The summed E-state index contributed by atoms with van der Waals surface area (Å²) in [5, 5.41) is 0. The van der Waals surface area contributed by atoms with E-state index in [0.717, 1.165) is 35.5 Å². The molecule has 0 heterocycles. The Morgan fingerprint density at radius 2 is 1.18 bits per heavy atom. The Morgan fingerprint density at radius 3 is 1.59 bits per heavy atom. The van der Waals surface area contributed by atoms with Crippen LogP contribution >= 0.6 is 0 Å². The van der Waals surface area contributed by atoms with Gasteiger partial charge in [-0.15, -0.1) is 0 Å². The van der Waals surface area contributed by atoms with Crippen LogP contribution in [0.5, 0.6) is 0 Å². The molecule has 17 heavy (non-hydrogen) atoms. The van der Waals surface area contributed by atoms with E-state index in [-0.39, 0.29) is 0 Å². The van der Waals surface area contributed by atoms with Gasteiger partial charge in [0.2, 0.25) is 0 Å². The molecule has 0 nitrogen and oxygen atoms in total. The first-order chi connectivity index (χ1) is 7.81. The van der Waals surface area contributed by atoms with Crippen LogP contribution in [0.3, 0.4) is 0 Å². The number of hydrogen-bond donors (Lipinski definition) is 0. The zero-order valence-electron chi connectivity index (χ0n) is 13.6. The highest BCUT2D eigenvalue weighted by molar-refractivity contribution is 4.74. The quantitative estimate of drug-likeness (QED) is 0.487. The van der Waals surface area contributed by atoms with Gasteiger partial charge in [-0.05, 0) is 35.5 Å². The van der Waals surface area contributed by atoms with E-state index >= 15 is 0 Å². The van der Waals surface area contributed by atoms with Gasteiger partial charge in [0.05, 0.1) is 0 Å². The van der Waals surface area contributed by atoms with Crippen molar-refractivity contribution in [3.8, 4) is 0 Å². The van der Waals surface area contributed by atoms with E-state index in [9.17, 15) is 0 Å². The van der Waals surface area contributed by atoms with Crippen molar-refractivity contribution in [1.82, 2.24) is 0 Å².